The summed E-state index contributed by atoms with van der Waals surface area (Å²) in [5.74, 6) is -7.72. The second-order valence-corrected chi connectivity index (χ2v) is 23.5. The van der Waals surface area contributed by atoms with Crippen LogP contribution in [0.2, 0.25) is 0 Å². The van der Waals surface area contributed by atoms with E-state index in [1.807, 2.05) is 20.8 Å². The Hall–Kier alpha value is -8.50. The zero-order valence-electron chi connectivity index (χ0n) is 51.0. The van der Waals surface area contributed by atoms with Gasteiger partial charge in [0, 0.05) is 62.0 Å². The number of urea groups is 1. The number of aliphatic hydroxyl groups excluding tert-OH is 1. The van der Waals surface area contributed by atoms with Gasteiger partial charge in [-0.3, -0.25) is 62.9 Å². The van der Waals surface area contributed by atoms with Crippen molar-refractivity contribution < 1.29 is 58.2 Å². The maximum atomic E-state index is 14.7. The highest BCUT2D eigenvalue weighted by Crippen LogP contribution is 2.22. The van der Waals surface area contributed by atoms with E-state index >= 15 is 0 Å². The van der Waals surface area contributed by atoms with Crippen LogP contribution < -0.4 is 54.4 Å². The van der Waals surface area contributed by atoms with Gasteiger partial charge in [0.1, 0.15) is 54.4 Å². The number of aromatic amines is 1. The monoisotopic (exact) mass is 1220 g/mol. The van der Waals surface area contributed by atoms with Crippen molar-refractivity contribution in [1.29, 1.82) is 0 Å². The van der Waals surface area contributed by atoms with E-state index in [0.29, 0.717) is 36.0 Å². The second kappa shape index (κ2) is 32.5. The maximum Gasteiger partial charge on any atom is 0.326 e. The average molecular weight is 1230 g/mol. The number of likely N-dealkylation sites (N-methyl/N-ethyl adjacent to an activating group) is 1. The molecule has 0 saturated carbocycles. The lowest BCUT2D eigenvalue weighted by molar-refractivity contribution is -0.141. The number of nitrogens with two attached hydrogens (primary N) is 3. The molecule has 88 heavy (non-hydrogen) atoms. The number of H-pyrrole nitrogens is 1. The third kappa shape index (κ3) is 19.0. The number of nitrogens with one attached hydrogen (secondary N) is 8. The molecule has 16 N–H and O–H groups in total. The molecule has 1 aromatic heterocycles. The molecule has 2 aromatic carbocycles. The third-order valence-electron chi connectivity index (χ3n) is 15.7. The van der Waals surface area contributed by atoms with Crippen LogP contribution in [0.5, 0.6) is 5.75 Å². The van der Waals surface area contributed by atoms with Crippen LogP contribution in [0.4, 0.5) is 4.79 Å². The highest BCUT2D eigenvalue weighted by atomic mass is 16.3. The normalized spacial score (nSPS) is 18.1. The van der Waals surface area contributed by atoms with Crippen molar-refractivity contribution >= 4 is 81.8 Å². The van der Waals surface area contributed by atoms with Gasteiger partial charge < -0.3 is 74.5 Å². The molecule has 2 fully saturated rings. The summed E-state index contributed by atoms with van der Waals surface area (Å²) in [7, 11) is 0. The van der Waals surface area contributed by atoms with E-state index < -0.39 is 114 Å². The molecule has 3 aliphatic heterocycles. The minimum absolute atomic E-state index is 0.0172. The molecule has 28 nitrogen and oxygen atoms in total. The fraction of sp³-hybridized carbons (Fsp3) is 0.567. The number of nitrogens with zero attached hydrogens (tertiary/aromatic N) is 5. The summed E-state index contributed by atoms with van der Waals surface area (Å²) in [5.41, 5.74) is 19.1. The standard InChI is InChI=1S/C60H88N16O12/c1-7-74(60(88)75-24-12-13-35(75)6)57(86)43(17-11-23-65-59(62)63)68-51(80)44(25-33(2)3)70-52(81)45(26-34(4)5)71-53(82)46(27-36-18-20-38(78)21-19-36)72-55(84)49(31-77)73-54(83)47(28-37-30-66-41-15-9-8-14-39(37)41)69-50(79)40(61)29-48-58(87)76(32-67-48)56(85)42-16-10-22-64-42/h8-9,14-15,18-21,30,33-35,40,42-47,49,64,66,77-78H,7,10-13,16-17,22-29,31-32,61H2,1-6H3,(H,68,80)(H,69,79)(H,70,81)(H,71,82)(H,72,84)(H,73,83)(H4,62,63,65)/t35-,40+,42+,43+,44+,45-,46+,47+,49+/m1/s1. The van der Waals surface area contributed by atoms with Crippen LogP contribution in [0, 0.1) is 11.8 Å². The largest absolute Gasteiger partial charge is 0.508 e. The molecule has 3 aliphatic rings. The number of rotatable bonds is 30. The average Bonchev–Trinajstić information content (AvgIpc) is 2.69. The van der Waals surface area contributed by atoms with E-state index in [2.05, 4.69) is 52.2 Å². The minimum Gasteiger partial charge on any atom is -0.508 e. The quantitative estimate of drug-likeness (QED) is 0.0171. The first-order chi connectivity index (χ1) is 41.9. The van der Waals surface area contributed by atoms with Crippen LogP contribution >= 0.6 is 0 Å². The third-order valence-corrected chi connectivity index (χ3v) is 15.7. The number of benzene rings is 2. The Morgan fingerprint density at radius 2 is 1.33 bits per heavy atom. The molecule has 3 aromatic rings. The number of hydrogen-bond acceptors (Lipinski definition) is 16. The highest BCUT2D eigenvalue weighted by Gasteiger charge is 2.40. The van der Waals surface area contributed by atoms with Crippen LogP contribution in [-0.4, -0.2) is 195 Å². The van der Waals surface area contributed by atoms with Crippen LogP contribution in [0.25, 0.3) is 10.9 Å². The van der Waals surface area contributed by atoms with Gasteiger partial charge in [-0.25, -0.2) is 4.79 Å². The van der Waals surface area contributed by atoms with Crippen molar-refractivity contribution in [2.24, 2.45) is 39.0 Å². The van der Waals surface area contributed by atoms with E-state index in [-0.39, 0.29) is 100 Å². The Morgan fingerprint density at radius 3 is 1.91 bits per heavy atom. The van der Waals surface area contributed by atoms with Crippen molar-refractivity contribution in [3.05, 3.63) is 65.9 Å². The molecule has 6 rings (SSSR count). The number of aliphatic imine (C=N–C) groups is 2. The molecule has 0 spiro atoms. The molecule has 4 heterocycles. The molecular formula is C60H88N16O12. The molecule has 0 aliphatic carbocycles. The Morgan fingerprint density at radius 1 is 0.750 bits per heavy atom. The fourth-order valence-corrected chi connectivity index (χ4v) is 10.9. The topological polar surface area (TPSA) is 424 Å². The number of hydrogen-bond donors (Lipinski definition) is 13. The maximum absolute atomic E-state index is 14.7. The van der Waals surface area contributed by atoms with Gasteiger partial charge >= 0.3 is 6.03 Å². The van der Waals surface area contributed by atoms with Crippen molar-refractivity contribution in [2.45, 2.75) is 167 Å². The van der Waals surface area contributed by atoms with Crippen molar-refractivity contribution in [3.8, 4) is 5.75 Å². The molecule has 2 saturated heterocycles. The number of phenols is 1. The van der Waals surface area contributed by atoms with E-state index in [1.165, 1.54) is 24.3 Å². The van der Waals surface area contributed by atoms with Crippen LogP contribution in [-0.2, 0) is 56.0 Å². The van der Waals surface area contributed by atoms with Crippen molar-refractivity contribution in [1.82, 2.24) is 56.9 Å². The first-order valence-electron chi connectivity index (χ1n) is 30.2. The van der Waals surface area contributed by atoms with E-state index in [4.69, 9.17) is 17.2 Å². The summed E-state index contributed by atoms with van der Waals surface area (Å²) in [4.78, 5) is 156. The van der Waals surface area contributed by atoms with Gasteiger partial charge in [-0.1, -0.05) is 58.0 Å². The summed E-state index contributed by atoms with van der Waals surface area (Å²) in [5, 5.41) is 40.6. The zero-order valence-corrected chi connectivity index (χ0v) is 51.0. The number of imide groups is 2. The summed E-state index contributed by atoms with van der Waals surface area (Å²) < 4.78 is 0. The lowest BCUT2D eigenvalue weighted by Crippen LogP contribution is -2.61. The number of carbonyl (C=O) groups excluding carboxylic acids is 10. The van der Waals surface area contributed by atoms with Gasteiger partial charge in [-0.05, 0) is 113 Å². The molecule has 9 atom stereocenters. The number of aromatic hydroxyl groups is 1. The molecule has 11 amide bonds. The van der Waals surface area contributed by atoms with Gasteiger partial charge in [-0.15, -0.1) is 0 Å². The Kier molecular flexibility index (Phi) is 25.3. The summed E-state index contributed by atoms with van der Waals surface area (Å²) >= 11 is 0. The number of para-hydroxylation sites is 1. The van der Waals surface area contributed by atoms with Crippen molar-refractivity contribution in [2.75, 3.05) is 39.5 Å². The predicted molar refractivity (Wildman–Crippen MR) is 327 cm³/mol. The van der Waals surface area contributed by atoms with Gasteiger partial charge in [0.15, 0.2) is 5.96 Å². The lowest BCUT2D eigenvalue weighted by Gasteiger charge is -2.32. The number of likely N-dealkylation sites (tertiary alicyclic amines) is 1. The molecule has 0 unspecified atom stereocenters. The minimum atomic E-state index is -1.75. The number of aliphatic hydroxyl groups is 1. The smallest absolute Gasteiger partial charge is 0.326 e. The second-order valence-electron chi connectivity index (χ2n) is 23.5. The first kappa shape index (κ1) is 68.6. The summed E-state index contributed by atoms with van der Waals surface area (Å²) in [6.45, 7) is 10.8. The SMILES string of the molecule is CCN(C(=O)[C@H](CCCN=C(N)N)NC(=O)[C@H](CC(C)C)NC(=O)[C@@H](CC(C)C)NC(=O)[C@H](Cc1ccc(O)cc1)NC(=O)[C@H](CO)NC(=O)[C@H](Cc1c[nH]c2ccccc12)NC(=O)[C@@H](N)CC1=NCN(C(=O)[C@@H]2CCCN2)C1=O)C(=O)N1CCC[C@H]1C. The molecule has 480 valence electrons. The van der Waals surface area contributed by atoms with E-state index in [1.54, 1.807) is 56.1 Å². The number of guanidine groups is 1. The van der Waals surface area contributed by atoms with Crippen LogP contribution in [0.15, 0.2) is 64.7 Å². The Bertz CT molecular complexity index is 3030. The van der Waals surface area contributed by atoms with Gasteiger partial charge in [0.05, 0.1) is 18.7 Å². The lowest BCUT2D eigenvalue weighted by atomic mass is 9.98. The summed E-state index contributed by atoms with van der Waals surface area (Å²) in [6.07, 6.45) is 4.13. The van der Waals surface area contributed by atoms with Gasteiger partial charge in [-0.2, -0.15) is 0 Å². The van der Waals surface area contributed by atoms with Gasteiger partial charge in [0.2, 0.25) is 41.4 Å². The first-order valence-corrected chi connectivity index (χ1v) is 30.2. The Balaban J connectivity index is 1.19. The fourth-order valence-electron chi connectivity index (χ4n) is 10.9. The molecule has 28 heteroatoms. The van der Waals surface area contributed by atoms with E-state index in [0.717, 1.165) is 34.6 Å². The van der Waals surface area contributed by atoms with Crippen LogP contribution in [0.3, 0.4) is 0 Å². The van der Waals surface area contributed by atoms with Crippen LogP contribution in [0.1, 0.15) is 110 Å². The highest BCUT2D eigenvalue weighted by molar-refractivity contribution is 6.43. The number of carbonyl (C=O) groups is 10. The molecular weight excluding hydrogens is 1140 g/mol. The Labute approximate surface area is 511 Å². The van der Waals surface area contributed by atoms with Crippen molar-refractivity contribution in [3.63, 3.8) is 0 Å². The van der Waals surface area contributed by atoms with Gasteiger partial charge in [0.25, 0.3) is 11.8 Å². The predicted octanol–water partition coefficient (Wildman–Crippen LogP) is -0.605. The zero-order chi connectivity index (χ0) is 64.4. The molecule has 0 bridgehead atoms. The number of amides is 11. The molecule has 0 radical (unpaired) electrons. The number of fused-ring (bicyclic) bond motifs is 1. The number of phenolic OH excluding ortho intramolecular Hbond substituents is 1. The summed E-state index contributed by atoms with van der Waals surface area (Å²) in [6, 6.07) is 1.82. The van der Waals surface area contributed by atoms with E-state index in [9.17, 15) is 58.2 Å². The number of aromatic nitrogens is 1.